The van der Waals surface area contributed by atoms with Crippen molar-refractivity contribution in [2.75, 3.05) is 31.6 Å². The number of amides is 2. The van der Waals surface area contributed by atoms with Gasteiger partial charge in [0.05, 0.1) is 5.92 Å². The number of piperidine rings is 1. The van der Waals surface area contributed by atoms with Crippen molar-refractivity contribution in [2.45, 2.75) is 24.7 Å². The molecule has 2 aromatic rings. The number of sulfonamides is 1. The van der Waals surface area contributed by atoms with Crippen molar-refractivity contribution in [3.05, 3.63) is 54.4 Å². The van der Waals surface area contributed by atoms with Crippen LogP contribution in [0.1, 0.15) is 30.1 Å². The first-order valence-corrected chi connectivity index (χ1v) is 12.0. The van der Waals surface area contributed by atoms with E-state index in [9.17, 15) is 22.8 Å². The number of carbonyl (C=O) groups is 3. The van der Waals surface area contributed by atoms with Gasteiger partial charge >= 0.3 is 5.97 Å². The van der Waals surface area contributed by atoms with E-state index in [4.69, 9.17) is 4.74 Å². The molecule has 10 nitrogen and oxygen atoms in total. The molecule has 0 atom stereocenters. The predicted octanol–water partition coefficient (Wildman–Crippen LogP) is 1.41. The Morgan fingerprint density at radius 1 is 1.15 bits per heavy atom. The predicted molar refractivity (Wildman–Crippen MR) is 120 cm³/mol. The van der Waals surface area contributed by atoms with Gasteiger partial charge < -0.3 is 15.4 Å². The maximum atomic E-state index is 12.6. The van der Waals surface area contributed by atoms with Crippen molar-refractivity contribution in [2.24, 2.45) is 5.92 Å². The van der Waals surface area contributed by atoms with E-state index >= 15 is 0 Å². The Balaban J connectivity index is 1.47. The van der Waals surface area contributed by atoms with Crippen LogP contribution in [0.15, 0.2) is 53.7 Å². The summed E-state index contributed by atoms with van der Waals surface area (Å²) in [5, 5.41) is 5.27. The molecule has 176 valence electrons. The Hall–Kier alpha value is -3.31. The Labute approximate surface area is 192 Å². The van der Waals surface area contributed by atoms with Crippen LogP contribution in [-0.2, 0) is 24.3 Å². The van der Waals surface area contributed by atoms with Gasteiger partial charge in [-0.2, -0.15) is 4.31 Å². The number of nitrogens with zero attached hydrogens (tertiary/aromatic N) is 2. The summed E-state index contributed by atoms with van der Waals surface area (Å²) in [4.78, 5) is 40.4. The summed E-state index contributed by atoms with van der Waals surface area (Å²) in [5.74, 6) is -1.82. The molecule has 3 rings (SSSR count). The van der Waals surface area contributed by atoms with Crippen LogP contribution in [0.4, 0.5) is 5.69 Å². The molecule has 0 radical (unpaired) electrons. The molecule has 1 aliphatic heterocycles. The van der Waals surface area contributed by atoms with Crippen LogP contribution in [-0.4, -0.2) is 61.7 Å². The summed E-state index contributed by atoms with van der Waals surface area (Å²) in [5.41, 5.74) is 0.813. The smallest absolute Gasteiger partial charge is 0.309 e. The first-order valence-electron chi connectivity index (χ1n) is 10.6. The fourth-order valence-corrected chi connectivity index (χ4v) is 4.87. The van der Waals surface area contributed by atoms with E-state index in [-0.39, 0.29) is 23.9 Å². The van der Waals surface area contributed by atoms with Gasteiger partial charge in [-0.15, -0.1) is 0 Å². The lowest BCUT2D eigenvalue weighted by Crippen LogP contribution is -2.41. The molecule has 2 amide bonds. The van der Waals surface area contributed by atoms with E-state index in [1.807, 2.05) is 0 Å². The van der Waals surface area contributed by atoms with Crippen LogP contribution in [0, 0.1) is 5.92 Å². The minimum atomic E-state index is -3.66. The van der Waals surface area contributed by atoms with Gasteiger partial charge in [-0.3, -0.25) is 19.4 Å². The van der Waals surface area contributed by atoms with Gasteiger partial charge in [0.2, 0.25) is 10.0 Å². The normalized spacial score (nSPS) is 14.9. The highest BCUT2D eigenvalue weighted by Gasteiger charge is 2.33. The number of pyridine rings is 1. The summed E-state index contributed by atoms with van der Waals surface area (Å²) in [6.07, 6.45) is 3.39. The second-order valence-electron chi connectivity index (χ2n) is 7.46. The highest BCUT2D eigenvalue weighted by molar-refractivity contribution is 7.89. The van der Waals surface area contributed by atoms with Crippen LogP contribution >= 0.6 is 0 Å². The lowest BCUT2D eigenvalue weighted by molar-refractivity contribution is -0.152. The highest BCUT2D eigenvalue weighted by Crippen LogP contribution is 2.24. The molecule has 1 fully saturated rings. The molecule has 0 unspecified atom stereocenters. The zero-order chi connectivity index (χ0) is 23.8. The average Bonchev–Trinajstić information content (AvgIpc) is 2.83. The van der Waals surface area contributed by atoms with Gasteiger partial charge in [0, 0.05) is 43.3 Å². The number of aromatic nitrogens is 1. The van der Waals surface area contributed by atoms with Crippen LogP contribution in [0.25, 0.3) is 0 Å². The number of hydrogen-bond acceptors (Lipinski definition) is 7. The molecule has 11 heteroatoms. The Morgan fingerprint density at radius 2 is 1.91 bits per heavy atom. The van der Waals surface area contributed by atoms with Crippen molar-refractivity contribution in [1.82, 2.24) is 14.6 Å². The molecule has 0 bridgehead atoms. The van der Waals surface area contributed by atoms with E-state index < -0.39 is 34.4 Å². The number of anilines is 1. The highest BCUT2D eigenvalue weighted by atomic mass is 32.2. The lowest BCUT2D eigenvalue weighted by atomic mass is 9.98. The van der Waals surface area contributed by atoms with Gasteiger partial charge in [0.25, 0.3) is 11.8 Å². The van der Waals surface area contributed by atoms with E-state index in [0.29, 0.717) is 30.6 Å². The van der Waals surface area contributed by atoms with Crippen molar-refractivity contribution in [3.8, 4) is 0 Å². The fraction of sp³-hybridized carbons (Fsp3) is 0.364. The van der Waals surface area contributed by atoms with Gasteiger partial charge in [-0.1, -0.05) is 6.07 Å². The monoisotopic (exact) mass is 474 g/mol. The third kappa shape index (κ3) is 6.36. The average molecular weight is 475 g/mol. The van der Waals surface area contributed by atoms with E-state index in [0.717, 1.165) is 0 Å². The molecule has 33 heavy (non-hydrogen) atoms. The first-order chi connectivity index (χ1) is 15.8. The molecule has 1 aromatic carbocycles. The summed E-state index contributed by atoms with van der Waals surface area (Å²) in [6, 6.07) is 9.45. The Morgan fingerprint density at radius 3 is 2.58 bits per heavy atom. The van der Waals surface area contributed by atoms with Crippen molar-refractivity contribution in [3.63, 3.8) is 0 Å². The van der Waals surface area contributed by atoms with E-state index in [1.165, 1.54) is 28.8 Å². The Bertz CT molecular complexity index is 1100. The molecule has 1 aliphatic rings. The Kier molecular flexibility index (Phi) is 8.12. The SMILES string of the molecule is CCNC(=O)c1cccc(NC(=O)COC(=O)C2CCN(S(=O)(=O)c3cccnc3)CC2)c1. The largest absolute Gasteiger partial charge is 0.455 e. The third-order valence-electron chi connectivity index (χ3n) is 5.15. The maximum Gasteiger partial charge on any atom is 0.309 e. The number of carbonyl (C=O) groups excluding carboxylic acids is 3. The molecule has 2 heterocycles. The number of nitrogens with one attached hydrogen (secondary N) is 2. The number of rotatable bonds is 8. The quantitative estimate of drug-likeness (QED) is 0.553. The van der Waals surface area contributed by atoms with Gasteiger partial charge in [0.15, 0.2) is 6.61 Å². The molecular formula is C22H26N4O6S. The van der Waals surface area contributed by atoms with Gasteiger partial charge in [-0.05, 0) is 50.1 Å². The summed E-state index contributed by atoms with van der Waals surface area (Å²) in [6.45, 7) is 2.17. The van der Waals surface area contributed by atoms with E-state index in [2.05, 4.69) is 15.6 Å². The maximum absolute atomic E-state index is 12.6. The zero-order valence-electron chi connectivity index (χ0n) is 18.2. The molecule has 1 saturated heterocycles. The number of esters is 1. The molecular weight excluding hydrogens is 448 g/mol. The standard InChI is InChI=1S/C22H26N4O6S/c1-2-24-21(28)17-5-3-6-18(13-17)25-20(27)15-32-22(29)16-8-11-26(12-9-16)33(30,31)19-7-4-10-23-14-19/h3-7,10,13-14,16H,2,8-9,11-12,15H2,1H3,(H,24,28)(H,25,27). The summed E-state index contributed by atoms with van der Waals surface area (Å²) < 4.78 is 31.7. The number of hydrogen-bond donors (Lipinski definition) is 2. The van der Waals surface area contributed by atoms with Crippen LogP contribution < -0.4 is 10.6 Å². The molecule has 0 spiro atoms. The molecule has 1 aromatic heterocycles. The van der Waals surface area contributed by atoms with E-state index in [1.54, 1.807) is 31.2 Å². The van der Waals surface area contributed by atoms with Crippen molar-refractivity contribution in [1.29, 1.82) is 0 Å². The third-order valence-corrected chi connectivity index (χ3v) is 7.03. The number of benzene rings is 1. The fourth-order valence-electron chi connectivity index (χ4n) is 3.43. The second-order valence-corrected chi connectivity index (χ2v) is 9.40. The van der Waals surface area contributed by atoms with Gasteiger partial charge in [0.1, 0.15) is 4.90 Å². The lowest BCUT2D eigenvalue weighted by Gasteiger charge is -2.29. The minimum absolute atomic E-state index is 0.110. The van der Waals surface area contributed by atoms with Crippen molar-refractivity contribution >= 4 is 33.5 Å². The summed E-state index contributed by atoms with van der Waals surface area (Å²) in [7, 11) is -3.66. The molecule has 0 saturated carbocycles. The topological polar surface area (TPSA) is 135 Å². The van der Waals surface area contributed by atoms with Crippen molar-refractivity contribution < 1.29 is 27.5 Å². The number of ether oxygens (including phenoxy) is 1. The van der Waals surface area contributed by atoms with Crippen LogP contribution in [0.3, 0.4) is 0 Å². The molecule has 2 N–H and O–H groups in total. The van der Waals surface area contributed by atoms with Crippen LogP contribution in [0.5, 0.6) is 0 Å². The zero-order valence-corrected chi connectivity index (χ0v) is 19.0. The summed E-state index contributed by atoms with van der Waals surface area (Å²) >= 11 is 0. The minimum Gasteiger partial charge on any atom is -0.455 e. The molecule has 0 aliphatic carbocycles. The second kappa shape index (κ2) is 11.0. The van der Waals surface area contributed by atoms with Crippen LogP contribution in [0.2, 0.25) is 0 Å². The first kappa shape index (κ1) is 24.3. The van der Waals surface area contributed by atoms with Gasteiger partial charge in [-0.25, -0.2) is 8.42 Å².